The van der Waals surface area contributed by atoms with Crippen molar-refractivity contribution >= 4 is 10.1 Å². The molecule has 2 atom stereocenters. The van der Waals surface area contributed by atoms with Crippen molar-refractivity contribution in [2.45, 2.75) is 25.9 Å². The van der Waals surface area contributed by atoms with Gasteiger partial charge in [-0.1, -0.05) is 6.92 Å². The molecule has 1 aliphatic heterocycles. The Balaban J connectivity index is 2.29. The first kappa shape index (κ1) is 10.9. The molecule has 0 spiro atoms. The van der Waals surface area contributed by atoms with Crippen LogP contribution in [-0.4, -0.2) is 34.0 Å². The van der Waals surface area contributed by atoms with E-state index in [1.165, 1.54) is 0 Å². The highest BCUT2D eigenvalue weighted by atomic mass is 32.2. The van der Waals surface area contributed by atoms with E-state index in [4.69, 9.17) is 4.74 Å². The molecule has 4 nitrogen and oxygen atoms in total. The maximum Gasteiger partial charge on any atom is 0.264 e. The van der Waals surface area contributed by atoms with Gasteiger partial charge in [0.1, 0.15) is 0 Å². The number of rotatable bonds is 3. The SMILES string of the molecule is CC1CCOC(COS(C)(=O)=O)C1. The third-order valence-electron chi connectivity index (χ3n) is 2.10. The number of ether oxygens (including phenoxy) is 1. The van der Waals surface area contributed by atoms with E-state index in [1.807, 2.05) is 0 Å². The Morgan fingerprint density at radius 3 is 2.77 bits per heavy atom. The van der Waals surface area contributed by atoms with Crippen molar-refractivity contribution in [3.63, 3.8) is 0 Å². The molecule has 0 aliphatic carbocycles. The fourth-order valence-corrected chi connectivity index (χ4v) is 1.79. The van der Waals surface area contributed by atoms with Crippen LogP contribution in [0.4, 0.5) is 0 Å². The Hall–Kier alpha value is -0.130. The highest BCUT2D eigenvalue weighted by Crippen LogP contribution is 2.19. The summed E-state index contributed by atoms with van der Waals surface area (Å²) >= 11 is 0. The van der Waals surface area contributed by atoms with Crippen LogP contribution in [0.25, 0.3) is 0 Å². The summed E-state index contributed by atoms with van der Waals surface area (Å²) in [6.45, 7) is 3.00. The Morgan fingerprint density at radius 2 is 2.23 bits per heavy atom. The zero-order valence-corrected chi connectivity index (χ0v) is 8.84. The maximum atomic E-state index is 10.7. The van der Waals surface area contributed by atoms with E-state index >= 15 is 0 Å². The van der Waals surface area contributed by atoms with Crippen molar-refractivity contribution in [1.29, 1.82) is 0 Å². The van der Waals surface area contributed by atoms with Gasteiger partial charge in [-0.25, -0.2) is 0 Å². The molecule has 0 saturated carbocycles. The molecular formula is C8H16O4S. The van der Waals surface area contributed by atoms with Crippen molar-refractivity contribution in [2.75, 3.05) is 19.5 Å². The Labute approximate surface area is 79.3 Å². The van der Waals surface area contributed by atoms with Gasteiger partial charge in [-0.15, -0.1) is 0 Å². The molecule has 2 unspecified atom stereocenters. The monoisotopic (exact) mass is 208 g/mol. The molecule has 1 fully saturated rings. The van der Waals surface area contributed by atoms with Crippen molar-refractivity contribution in [2.24, 2.45) is 5.92 Å². The van der Waals surface area contributed by atoms with E-state index in [2.05, 4.69) is 11.1 Å². The zero-order chi connectivity index (χ0) is 9.90. The van der Waals surface area contributed by atoms with Gasteiger partial charge in [0.25, 0.3) is 10.1 Å². The average molecular weight is 208 g/mol. The minimum atomic E-state index is -3.32. The summed E-state index contributed by atoms with van der Waals surface area (Å²) in [6.07, 6.45) is 2.93. The maximum absolute atomic E-state index is 10.7. The Bertz CT molecular complexity index is 247. The minimum Gasteiger partial charge on any atom is -0.376 e. The molecule has 5 heteroatoms. The summed E-state index contributed by atoms with van der Waals surface area (Å²) in [7, 11) is -3.32. The zero-order valence-electron chi connectivity index (χ0n) is 8.02. The summed E-state index contributed by atoms with van der Waals surface area (Å²) < 4.78 is 31.4. The number of hydrogen-bond acceptors (Lipinski definition) is 4. The van der Waals surface area contributed by atoms with Gasteiger partial charge >= 0.3 is 0 Å². The Kier molecular flexibility index (Phi) is 3.70. The van der Waals surface area contributed by atoms with Gasteiger partial charge in [-0.3, -0.25) is 4.18 Å². The largest absolute Gasteiger partial charge is 0.376 e. The van der Waals surface area contributed by atoms with Gasteiger partial charge in [-0.2, -0.15) is 8.42 Å². The average Bonchev–Trinajstić information content (AvgIpc) is 2.00. The highest BCUT2D eigenvalue weighted by Gasteiger charge is 2.20. The first-order chi connectivity index (χ1) is 5.97. The molecule has 78 valence electrons. The van der Waals surface area contributed by atoms with Crippen molar-refractivity contribution in [1.82, 2.24) is 0 Å². The molecule has 1 aliphatic rings. The lowest BCUT2D eigenvalue weighted by Crippen LogP contribution is -2.29. The van der Waals surface area contributed by atoms with Gasteiger partial charge in [0.15, 0.2) is 0 Å². The van der Waals surface area contributed by atoms with Crippen LogP contribution in [0.1, 0.15) is 19.8 Å². The van der Waals surface area contributed by atoms with E-state index in [0.717, 1.165) is 19.1 Å². The minimum absolute atomic E-state index is 0.0570. The van der Waals surface area contributed by atoms with Gasteiger partial charge in [-0.05, 0) is 18.8 Å². The van der Waals surface area contributed by atoms with Crippen LogP contribution in [0.5, 0.6) is 0 Å². The topological polar surface area (TPSA) is 52.6 Å². The molecule has 1 saturated heterocycles. The van der Waals surface area contributed by atoms with E-state index in [1.54, 1.807) is 0 Å². The summed E-state index contributed by atoms with van der Waals surface area (Å²) in [4.78, 5) is 0. The molecule has 1 rings (SSSR count). The van der Waals surface area contributed by atoms with Crippen LogP contribution in [0.15, 0.2) is 0 Å². The fraction of sp³-hybridized carbons (Fsp3) is 1.00. The molecule has 13 heavy (non-hydrogen) atoms. The van der Waals surface area contributed by atoms with Gasteiger partial charge in [0.05, 0.1) is 19.0 Å². The summed E-state index contributed by atoms with van der Waals surface area (Å²) in [5.41, 5.74) is 0. The predicted octanol–water partition coefficient (Wildman–Crippen LogP) is 0.778. The molecule has 0 aromatic heterocycles. The first-order valence-corrected chi connectivity index (χ1v) is 6.25. The summed E-state index contributed by atoms with van der Waals surface area (Å²) in [5.74, 6) is 0.599. The van der Waals surface area contributed by atoms with Crippen LogP contribution in [0.2, 0.25) is 0 Å². The molecule has 0 aromatic carbocycles. The van der Waals surface area contributed by atoms with E-state index in [0.29, 0.717) is 12.5 Å². The van der Waals surface area contributed by atoms with Gasteiger partial charge < -0.3 is 4.74 Å². The second kappa shape index (κ2) is 4.39. The third-order valence-corrected chi connectivity index (χ3v) is 2.66. The normalized spacial score (nSPS) is 30.3. The third kappa shape index (κ3) is 4.59. The van der Waals surface area contributed by atoms with Crippen molar-refractivity contribution < 1.29 is 17.3 Å². The molecule has 0 aromatic rings. The predicted molar refractivity (Wildman–Crippen MR) is 48.9 cm³/mol. The Morgan fingerprint density at radius 1 is 1.54 bits per heavy atom. The lowest BCUT2D eigenvalue weighted by molar-refractivity contribution is -0.0275. The summed E-state index contributed by atoms with van der Waals surface area (Å²) in [6, 6.07) is 0. The molecule has 0 amide bonds. The molecule has 1 heterocycles. The van der Waals surface area contributed by atoms with E-state index in [9.17, 15) is 8.42 Å². The molecule has 0 radical (unpaired) electrons. The van der Waals surface area contributed by atoms with Crippen LogP contribution in [0.3, 0.4) is 0 Å². The van der Waals surface area contributed by atoms with Crippen LogP contribution in [0, 0.1) is 5.92 Å². The first-order valence-electron chi connectivity index (χ1n) is 4.43. The quantitative estimate of drug-likeness (QED) is 0.643. The lowest BCUT2D eigenvalue weighted by atomic mass is 9.98. The van der Waals surface area contributed by atoms with E-state index < -0.39 is 10.1 Å². The highest BCUT2D eigenvalue weighted by molar-refractivity contribution is 7.85. The van der Waals surface area contributed by atoms with Crippen LogP contribution >= 0.6 is 0 Å². The second-order valence-electron chi connectivity index (χ2n) is 3.61. The molecule has 0 bridgehead atoms. The van der Waals surface area contributed by atoms with Crippen molar-refractivity contribution in [3.05, 3.63) is 0 Å². The van der Waals surface area contributed by atoms with E-state index in [-0.39, 0.29) is 12.7 Å². The summed E-state index contributed by atoms with van der Waals surface area (Å²) in [5, 5.41) is 0. The standard InChI is InChI=1S/C8H16O4S/c1-7-3-4-11-8(5-7)6-12-13(2,9)10/h7-8H,3-6H2,1-2H3. The van der Waals surface area contributed by atoms with Crippen molar-refractivity contribution in [3.8, 4) is 0 Å². The second-order valence-corrected chi connectivity index (χ2v) is 5.25. The smallest absolute Gasteiger partial charge is 0.264 e. The molecular weight excluding hydrogens is 192 g/mol. The van der Waals surface area contributed by atoms with Gasteiger partial charge in [0.2, 0.25) is 0 Å². The van der Waals surface area contributed by atoms with Crippen LogP contribution in [-0.2, 0) is 19.0 Å². The van der Waals surface area contributed by atoms with Gasteiger partial charge in [0, 0.05) is 6.61 Å². The number of hydrogen-bond donors (Lipinski definition) is 0. The lowest BCUT2D eigenvalue weighted by Gasteiger charge is -2.26. The fourth-order valence-electron chi connectivity index (χ4n) is 1.39. The van der Waals surface area contributed by atoms with Crippen LogP contribution < -0.4 is 0 Å². The molecule has 0 N–H and O–H groups in total.